The highest BCUT2D eigenvalue weighted by Gasteiger charge is 2.40. The normalized spacial score (nSPS) is 21.9. The molecule has 1 aromatic rings. The molecule has 1 aromatic carbocycles. The average Bonchev–Trinajstić information content (AvgIpc) is 2.35. The number of ether oxygens (including phenoxy) is 1. The fraction of sp³-hybridized carbons (Fsp3) is 0.588. The second kappa shape index (κ2) is 6.01. The predicted molar refractivity (Wildman–Crippen MR) is 88.7 cm³/mol. The first-order chi connectivity index (χ1) is 9.69. The summed E-state index contributed by atoms with van der Waals surface area (Å²) in [6.07, 6.45) is 0.654. The first kappa shape index (κ1) is 16.4. The molecule has 116 valence electrons. The van der Waals surface area contributed by atoms with Gasteiger partial charge in [0.1, 0.15) is 0 Å². The minimum absolute atomic E-state index is 0.0895. The molecule has 3 nitrogen and oxygen atoms in total. The van der Waals surface area contributed by atoms with Crippen LogP contribution < -0.4 is 0 Å². The molecule has 1 heterocycles. The molecule has 1 saturated heterocycles. The number of amides is 1. The fourth-order valence-corrected chi connectivity index (χ4v) is 3.45. The second-order valence-electron chi connectivity index (χ2n) is 7.02. The van der Waals surface area contributed by atoms with Crippen LogP contribution in [-0.2, 0) is 16.0 Å². The van der Waals surface area contributed by atoms with Crippen LogP contribution in [0.1, 0.15) is 33.3 Å². The molecule has 0 bridgehead atoms. The van der Waals surface area contributed by atoms with E-state index < -0.39 is 0 Å². The number of benzene rings is 1. The molecule has 2 rings (SSSR count). The predicted octanol–water partition coefficient (Wildman–Crippen LogP) is 2.94. The number of hydrogen-bond acceptors (Lipinski definition) is 3. The van der Waals surface area contributed by atoms with Gasteiger partial charge in [0.25, 0.3) is 0 Å². The Bertz CT molecular complexity index is 483. The quantitative estimate of drug-likeness (QED) is 0.870. The summed E-state index contributed by atoms with van der Waals surface area (Å²) < 4.78 is 6.02. The maximum atomic E-state index is 12.7. The number of rotatable bonds is 3. The Morgan fingerprint density at radius 1 is 1.19 bits per heavy atom. The van der Waals surface area contributed by atoms with Crippen molar-refractivity contribution in [2.75, 3.05) is 13.1 Å². The Balaban J connectivity index is 2.05. The van der Waals surface area contributed by atoms with E-state index in [0.717, 1.165) is 5.56 Å². The minimum atomic E-state index is -0.322. The summed E-state index contributed by atoms with van der Waals surface area (Å²) in [4.78, 5) is 14.6. The topological polar surface area (TPSA) is 29.5 Å². The highest BCUT2D eigenvalue weighted by Crippen LogP contribution is 2.29. The van der Waals surface area contributed by atoms with Crippen molar-refractivity contribution in [3.05, 3.63) is 35.9 Å². The average molecular weight is 307 g/mol. The molecule has 1 unspecified atom stereocenters. The Hall–Kier alpha value is -1.00. The molecule has 1 fully saturated rings. The van der Waals surface area contributed by atoms with E-state index in [1.165, 1.54) is 0 Å². The number of morpholine rings is 1. The molecule has 0 aromatic heterocycles. The number of thiol groups is 1. The monoisotopic (exact) mass is 307 g/mol. The van der Waals surface area contributed by atoms with Crippen molar-refractivity contribution < 1.29 is 9.53 Å². The lowest BCUT2D eigenvalue weighted by atomic mass is 9.98. The summed E-state index contributed by atoms with van der Waals surface area (Å²) in [5, 5.41) is -0.308. The Morgan fingerprint density at radius 2 is 1.71 bits per heavy atom. The molecule has 1 aliphatic rings. The van der Waals surface area contributed by atoms with Crippen LogP contribution in [0.4, 0.5) is 0 Å². The van der Waals surface area contributed by atoms with Gasteiger partial charge in [-0.1, -0.05) is 30.3 Å². The van der Waals surface area contributed by atoms with Crippen molar-refractivity contribution in [2.24, 2.45) is 0 Å². The third-order valence-corrected chi connectivity index (χ3v) is 3.97. The molecule has 0 aliphatic carbocycles. The highest BCUT2D eigenvalue weighted by molar-refractivity contribution is 7.81. The molecule has 1 aliphatic heterocycles. The van der Waals surface area contributed by atoms with Gasteiger partial charge in [0.05, 0.1) is 16.5 Å². The zero-order chi connectivity index (χ0) is 15.7. The summed E-state index contributed by atoms with van der Waals surface area (Å²) in [6, 6.07) is 10.0. The van der Waals surface area contributed by atoms with Crippen LogP contribution in [0.25, 0.3) is 0 Å². The Morgan fingerprint density at radius 3 is 2.24 bits per heavy atom. The van der Waals surface area contributed by atoms with E-state index in [1.807, 2.05) is 62.9 Å². The van der Waals surface area contributed by atoms with Crippen molar-refractivity contribution in [3.8, 4) is 0 Å². The third-order valence-electron chi connectivity index (χ3n) is 3.56. The van der Waals surface area contributed by atoms with E-state index in [0.29, 0.717) is 19.5 Å². The van der Waals surface area contributed by atoms with E-state index in [2.05, 4.69) is 12.6 Å². The smallest absolute Gasteiger partial charge is 0.235 e. The van der Waals surface area contributed by atoms with Gasteiger partial charge in [0.15, 0.2) is 0 Å². The van der Waals surface area contributed by atoms with Crippen LogP contribution in [0.15, 0.2) is 30.3 Å². The summed E-state index contributed by atoms with van der Waals surface area (Å²) in [5.41, 5.74) is 0.493. The summed E-state index contributed by atoms with van der Waals surface area (Å²) in [6.45, 7) is 9.33. The van der Waals surface area contributed by atoms with Crippen molar-refractivity contribution in [3.63, 3.8) is 0 Å². The SMILES string of the molecule is CC1(C)CN(C(=O)C(S)Cc2ccccc2)CC(C)(C)O1. The van der Waals surface area contributed by atoms with Gasteiger partial charge < -0.3 is 9.64 Å². The van der Waals surface area contributed by atoms with E-state index in [9.17, 15) is 4.79 Å². The van der Waals surface area contributed by atoms with Crippen molar-refractivity contribution in [1.29, 1.82) is 0 Å². The Kier molecular flexibility index (Phi) is 4.69. The van der Waals surface area contributed by atoms with E-state index in [-0.39, 0.29) is 22.4 Å². The van der Waals surface area contributed by atoms with E-state index in [4.69, 9.17) is 4.74 Å². The van der Waals surface area contributed by atoms with Gasteiger partial charge in [-0.25, -0.2) is 0 Å². The molecule has 4 heteroatoms. The molecular weight excluding hydrogens is 282 g/mol. The highest BCUT2D eigenvalue weighted by atomic mass is 32.1. The maximum Gasteiger partial charge on any atom is 0.235 e. The molecule has 0 saturated carbocycles. The molecule has 0 radical (unpaired) electrons. The minimum Gasteiger partial charge on any atom is -0.366 e. The number of carbonyl (C=O) groups is 1. The molecule has 1 atom stereocenters. The van der Waals surface area contributed by atoms with E-state index in [1.54, 1.807) is 0 Å². The third kappa shape index (κ3) is 4.48. The summed E-state index contributed by atoms with van der Waals surface area (Å²) in [7, 11) is 0. The summed E-state index contributed by atoms with van der Waals surface area (Å²) >= 11 is 4.53. The van der Waals surface area contributed by atoms with Crippen molar-refractivity contribution in [1.82, 2.24) is 4.90 Å². The zero-order valence-electron chi connectivity index (χ0n) is 13.3. The lowest BCUT2D eigenvalue weighted by Gasteiger charge is -2.47. The largest absolute Gasteiger partial charge is 0.366 e. The molecule has 0 N–H and O–H groups in total. The van der Waals surface area contributed by atoms with Crippen molar-refractivity contribution in [2.45, 2.75) is 50.6 Å². The first-order valence-corrected chi connectivity index (χ1v) is 7.91. The fourth-order valence-electron chi connectivity index (χ4n) is 3.08. The molecule has 0 spiro atoms. The molecule has 1 amide bonds. The Labute approximate surface area is 133 Å². The maximum absolute atomic E-state index is 12.7. The van der Waals surface area contributed by atoms with Gasteiger partial charge in [-0.15, -0.1) is 0 Å². The zero-order valence-corrected chi connectivity index (χ0v) is 14.2. The molecular formula is C17H25NO2S. The lowest BCUT2D eigenvalue weighted by molar-refractivity contribution is -0.187. The van der Waals surface area contributed by atoms with Gasteiger partial charge in [-0.05, 0) is 39.7 Å². The van der Waals surface area contributed by atoms with Crippen LogP contribution in [0, 0.1) is 0 Å². The molecule has 21 heavy (non-hydrogen) atoms. The van der Waals surface area contributed by atoms with Gasteiger partial charge in [0, 0.05) is 13.1 Å². The lowest BCUT2D eigenvalue weighted by Crippen LogP contribution is -2.59. The van der Waals surface area contributed by atoms with Crippen LogP contribution in [-0.4, -0.2) is 40.3 Å². The van der Waals surface area contributed by atoms with Crippen LogP contribution in [0.3, 0.4) is 0 Å². The van der Waals surface area contributed by atoms with Gasteiger partial charge >= 0.3 is 0 Å². The first-order valence-electron chi connectivity index (χ1n) is 7.39. The number of hydrogen-bond donors (Lipinski definition) is 1. The van der Waals surface area contributed by atoms with Gasteiger partial charge in [0.2, 0.25) is 5.91 Å². The number of nitrogens with zero attached hydrogens (tertiary/aromatic N) is 1. The van der Waals surface area contributed by atoms with Gasteiger partial charge in [-0.3, -0.25) is 4.79 Å². The second-order valence-corrected chi connectivity index (χ2v) is 7.64. The number of carbonyl (C=O) groups excluding carboxylic acids is 1. The van der Waals surface area contributed by atoms with Crippen molar-refractivity contribution >= 4 is 18.5 Å². The summed E-state index contributed by atoms with van der Waals surface area (Å²) in [5.74, 6) is 0.0895. The van der Waals surface area contributed by atoms with Crippen LogP contribution >= 0.6 is 12.6 Å². The van der Waals surface area contributed by atoms with E-state index >= 15 is 0 Å². The van der Waals surface area contributed by atoms with Gasteiger partial charge in [-0.2, -0.15) is 12.6 Å². The standard InChI is InChI=1S/C17H25NO2S/c1-16(2)11-18(12-17(3,4)20-16)15(19)14(21)10-13-8-6-5-7-9-13/h5-9,14,21H,10-12H2,1-4H3. The van der Waals surface area contributed by atoms with Crippen LogP contribution in [0.2, 0.25) is 0 Å². The van der Waals surface area contributed by atoms with Crippen LogP contribution in [0.5, 0.6) is 0 Å².